The Labute approximate surface area is 144 Å². The molecule has 2 rings (SSSR count). The summed E-state index contributed by atoms with van der Waals surface area (Å²) in [4.78, 5) is 28.4. The van der Waals surface area contributed by atoms with Crippen LogP contribution in [0.1, 0.15) is 44.4 Å². The lowest BCUT2D eigenvalue weighted by molar-refractivity contribution is -0.136. The fourth-order valence-electron chi connectivity index (χ4n) is 1.91. The quantitative estimate of drug-likeness (QED) is 0.835. The average molecular weight is 349 g/mol. The van der Waals surface area contributed by atoms with Gasteiger partial charge >= 0.3 is 11.8 Å². The van der Waals surface area contributed by atoms with E-state index in [2.05, 4.69) is 36.4 Å². The van der Waals surface area contributed by atoms with Gasteiger partial charge in [0.15, 0.2) is 0 Å². The SMILES string of the molecule is C[C@H](NC(=O)C(=O)Nc1cccc(F)c1)c1nc(C(C)(C)C)cs1. The number of anilines is 1. The van der Waals surface area contributed by atoms with Crippen LogP contribution in [0.4, 0.5) is 10.1 Å². The van der Waals surface area contributed by atoms with Gasteiger partial charge in [-0.05, 0) is 25.1 Å². The highest BCUT2D eigenvalue weighted by atomic mass is 32.1. The number of thiazole rings is 1. The van der Waals surface area contributed by atoms with Crippen molar-refractivity contribution in [2.75, 3.05) is 5.32 Å². The summed E-state index contributed by atoms with van der Waals surface area (Å²) >= 11 is 1.44. The van der Waals surface area contributed by atoms with Crippen molar-refractivity contribution in [3.63, 3.8) is 0 Å². The van der Waals surface area contributed by atoms with Gasteiger partial charge in [0.1, 0.15) is 10.8 Å². The van der Waals surface area contributed by atoms with Crippen molar-refractivity contribution < 1.29 is 14.0 Å². The molecule has 0 unspecified atom stereocenters. The number of carbonyl (C=O) groups excluding carboxylic acids is 2. The van der Waals surface area contributed by atoms with Crippen LogP contribution >= 0.6 is 11.3 Å². The van der Waals surface area contributed by atoms with Crippen LogP contribution in [0.2, 0.25) is 0 Å². The first-order valence-corrected chi connectivity index (χ1v) is 8.38. The monoisotopic (exact) mass is 349 g/mol. The highest BCUT2D eigenvalue weighted by Crippen LogP contribution is 2.26. The molecule has 0 aliphatic carbocycles. The Balaban J connectivity index is 1.98. The Morgan fingerprint density at radius 2 is 1.96 bits per heavy atom. The molecule has 0 saturated carbocycles. The van der Waals surface area contributed by atoms with Gasteiger partial charge in [-0.25, -0.2) is 9.37 Å². The van der Waals surface area contributed by atoms with E-state index in [1.165, 1.54) is 29.5 Å². The molecule has 0 fully saturated rings. The van der Waals surface area contributed by atoms with E-state index in [0.717, 1.165) is 16.8 Å². The number of rotatable bonds is 3. The smallest absolute Gasteiger partial charge is 0.313 e. The number of hydrogen-bond acceptors (Lipinski definition) is 4. The molecule has 0 aliphatic heterocycles. The second kappa shape index (κ2) is 7.09. The van der Waals surface area contributed by atoms with Gasteiger partial charge in [-0.1, -0.05) is 26.8 Å². The summed E-state index contributed by atoms with van der Waals surface area (Å²) in [6.07, 6.45) is 0. The van der Waals surface area contributed by atoms with E-state index >= 15 is 0 Å². The third-order valence-corrected chi connectivity index (χ3v) is 4.32. The molecule has 1 aromatic heterocycles. The van der Waals surface area contributed by atoms with Crippen molar-refractivity contribution in [1.29, 1.82) is 0 Å². The number of hydrogen-bond donors (Lipinski definition) is 2. The van der Waals surface area contributed by atoms with Gasteiger partial charge in [-0.2, -0.15) is 0 Å². The lowest BCUT2D eigenvalue weighted by Crippen LogP contribution is -2.37. The number of carbonyl (C=O) groups is 2. The van der Waals surface area contributed by atoms with Crippen molar-refractivity contribution in [1.82, 2.24) is 10.3 Å². The van der Waals surface area contributed by atoms with Crippen LogP contribution in [-0.2, 0) is 15.0 Å². The van der Waals surface area contributed by atoms with Gasteiger partial charge in [-0.3, -0.25) is 9.59 Å². The van der Waals surface area contributed by atoms with Crippen LogP contribution in [-0.4, -0.2) is 16.8 Å². The van der Waals surface area contributed by atoms with Crippen molar-refractivity contribution in [3.05, 3.63) is 46.2 Å². The third kappa shape index (κ3) is 4.61. The minimum absolute atomic E-state index is 0.0762. The molecule has 0 radical (unpaired) electrons. The van der Waals surface area contributed by atoms with Crippen molar-refractivity contribution in [2.45, 2.75) is 39.2 Å². The number of benzene rings is 1. The van der Waals surface area contributed by atoms with E-state index in [1.54, 1.807) is 6.92 Å². The normalized spacial score (nSPS) is 12.5. The molecule has 2 N–H and O–H groups in total. The summed E-state index contributed by atoms with van der Waals surface area (Å²) in [6.45, 7) is 7.93. The molecule has 7 heteroatoms. The number of nitrogens with zero attached hydrogens (tertiary/aromatic N) is 1. The summed E-state index contributed by atoms with van der Waals surface area (Å²) in [5.41, 5.74) is 1.09. The predicted octanol–water partition coefficient (Wildman–Crippen LogP) is 3.40. The van der Waals surface area contributed by atoms with Gasteiger partial charge in [0.05, 0.1) is 11.7 Å². The minimum atomic E-state index is -0.847. The summed E-state index contributed by atoms with van der Waals surface area (Å²) in [5, 5.41) is 7.64. The highest BCUT2D eigenvalue weighted by Gasteiger charge is 2.22. The first-order valence-electron chi connectivity index (χ1n) is 7.50. The van der Waals surface area contributed by atoms with Crippen LogP contribution in [0.15, 0.2) is 29.6 Å². The fourth-order valence-corrected chi connectivity index (χ4v) is 2.96. The molecule has 24 heavy (non-hydrogen) atoms. The van der Waals surface area contributed by atoms with Crippen molar-refractivity contribution in [3.8, 4) is 0 Å². The Bertz CT molecular complexity index is 752. The van der Waals surface area contributed by atoms with E-state index in [0.29, 0.717) is 0 Å². The van der Waals surface area contributed by atoms with E-state index in [1.807, 2.05) is 5.38 Å². The molecule has 0 spiro atoms. The van der Waals surface area contributed by atoms with Gasteiger partial charge in [0.2, 0.25) is 0 Å². The number of nitrogens with one attached hydrogen (secondary N) is 2. The van der Waals surface area contributed by atoms with Crippen LogP contribution in [0.3, 0.4) is 0 Å². The van der Waals surface area contributed by atoms with E-state index in [9.17, 15) is 14.0 Å². The Kier molecular flexibility index (Phi) is 5.33. The predicted molar refractivity (Wildman–Crippen MR) is 92.4 cm³/mol. The zero-order valence-corrected chi connectivity index (χ0v) is 14.8. The third-order valence-electron chi connectivity index (χ3n) is 3.30. The summed E-state index contributed by atoms with van der Waals surface area (Å²) in [5.74, 6) is -2.13. The van der Waals surface area contributed by atoms with Gasteiger partial charge in [0, 0.05) is 16.5 Å². The van der Waals surface area contributed by atoms with E-state index < -0.39 is 23.7 Å². The Morgan fingerprint density at radius 3 is 2.54 bits per heavy atom. The molecule has 0 aliphatic rings. The molecular weight excluding hydrogens is 329 g/mol. The molecule has 1 aromatic carbocycles. The number of amides is 2. The molecular formula is C17H20FN3O2S. The first kappa shape index (κ1) is 18.1. The molecule has 1 heterocycles. The summed E-state index contributed by atoms with van der Waals surface area (Å²) in [6, 6.07) is 4.97. The zero-order chi connectivity index (χ0) is 17.9. The Morgan fingerprint density at radius 1 is 1.25 bits per heavy atom. The van der Waals surface area contributed by atoms with E-state index in [-0.39, 0.29) is 11.1 Å². The second-order valence-corrected chi connectivity index (χ2v) is 7.37. The molecule has 2 amide bonds. The van der Waals surface area contributed by atoms with Crippen molar-refractivity contribution >= 4 is 28.8 Å². The molecule has 5 nitrogen and oxygen atoms in total. The molecule has 2 aromatic rings. The summed E-state index contributed by atoms with van der Waals surface area (Å²) in [7, 11) is 0. The maximum Gasteiger partial charge on any atom is 0.313 e. The first-order chi connectivity index (χ1) is 11.2. The standard InChI is InChI=1S/C17H20FN3O2S/c1-10(16-21-13(9-24-16)17(2,3)4)19-14(22)15(23)20-12-7-5-6-11(18)8-12/h5-10H,1-4H3,(H,19,22)(H,20,23)/t10-/m0/s1. The zero-order valence-electron chi connectivity index (χ0n) is 14.0. The average Bonchev–Trinajstić information content (AvgIpc) is 2.97. The minimum Gasteiger partial charge on any atom is -0.339 e. The molecule has 128 valence electrons. The molecule has 0 saturated heterocycles. The van der Waals surface area contributed by atoms with Crippen LogP contribution in [0.5, 0.6) is 0 Å². The van der Waals surface area contributed by atoms with Crippen LogP contribution in [0, 0.1) is 5.82 Å². The second-order valence-electron chi connectivity index (χ2n) is 6.48. The fraction of sp³-hybridized carbons (Fsp3) is 0.353. The number of halogens is 1. The van der Waals surface area contributed by atoms with Crippen LogP contribution in [0.25, 0.3) is 0 Å². The Hall–Kier alpha value is -2.28. The number of aromatic nitrogens is 1. The highest BCUT2D eigenvalue weighted by molar-refractivity contribution is 7.09. The van der Waals surface area contributed by atoms with Gasteiger partial charge < -0.3 is 10.6 Å². The largest absolute Gasteiger partial charge is 0.339 e. The summed E-state index contributed by atoms with van der Waals surface area (Å²) < 4.78 is 13.1. The molecule has 1 atom stereocenters. The van der Waals surface area contributed by atoms with Crippen molar-refractivity contribution in [2.24, 2.45) is 0 Å². The lowest BCUT2D eigenvalue weighted by atomic mass is 9.93. The maximum absolute atomic E-state index is 13.1. The van der Waals surface area contributed by atoms with E-state index in [4.69, 9.17) is 0 Å². The van der Waals surface area contributed by atoms with Gasteiger partial charge in [0.25, 0.3) is 0 Å². The maximum atomic E-state index is 13.1. The van der Waals surface area contributed by atoms with Crippen LogP contribution < -0.4 is 10.6 Å². The lowest BCUT2D eigenvalue weighted by Gasteiger charge is -2.15. The topological polar surface area (TPSA) is 71.1 Å². The van der Waals surface area contributed by atoms with Gasteiger partial charge in [-0.15, -0.1) is 11.3 Å². The molecule has 0 bridgehead atoms.